The van der Waals surface area contributed by atoms with Crippen LogP contribution in [0.15, 0.2) is 54.6 Å². The number of anilines is 1. The predicted octanol–water partition coefficient (Wildman–Crippen LogP) is 5.26. The summed E-state index contributed by atoms with van der Waals surface area (Å²) in [7, 11) is 0. The molecule has 4 heterocycles. The van der Waals surface area contributed by atoms with Gasteiger partial charge in [0.1, 0.15) is 10.8 Å². The van der Waals surface area contributed by atoms with Crippen molar-refractivity contribution >= 4 is 50.3 Å². The van der Waals surface area contributed by atoms with Gasteiger partial charge in [-0.15, -0.1) is 11.3 Å². The fraction of sp³-hybridized carbons (Fsp3) is 0.303. The van der Waals surface area contributed by atoms with Crippen molar-refractivity contribution in [2.45, 2.75) is 44.8 Å². The van der Waals surface area contributed by atoms with E-state index < -0.39 is 12.3 Å². The maximum atomic E-state index is 13.5. The lowest BCUT2D eigenvalue weighted by atomic mass is 9.82. The lowest BCUT2D eigenvalue weighted by molar-refractivity contribution is -0.137. The van der Waals surface area contributed by atoms with Crippen LogP contribution in [0.1, 0.15) is 63.3 Å². The first-order chi connectivity index (χ1) is 20.5. The van der Waals surface area contributed by atoms with Crippen LogP contribution in [0, 0.1) is 0 Å². The number of carboxylic acids is 1. The van der Waals surface area contributed by atoms with Crippen LogP contribution in [-0.2, 0) is 17.6 Å². The molecule has 0 radical (unpaired) electrons. The number of carbonyl (C=O) groups is 2. The molecule has 1 aromatic heterocycles. The lowest BCUT2D eigenvalue weighted by Gasteiger charge is -2.40. The Hall–Kier alpha value is -4.21. The summed E-state index contributed by atoms with van der Waals surface area (Å²) in [5.74, 6) is -0.501. The van der Waals surface area contributed by atoms with Crippen molar-refractivity contribution in [1.82, 2.24) is 10.3 Å². The molecule has 3 aliphatic heterocycles. The molecule has 0 spiro atoms. The van der Waals surface area contributed by atoms with Crippen molar-refractivity contribution in [3.05, 3.63) is 87.4 Å². The normalized spacial score (nSPS) is 17.5. The van der Waals surface area contributed by atoms with Gasteiger partial charge in [0.05, 0.1) is 15.8 Å². The van der Waals surface area contributed by atoms with Crippen LogP contribution in [0.3, 0.4) is 0 Å². The summed E-state index contributed by atoms with van der Waals surface area (Å²) < 4.78 is 7.40. The van der Waals surface area contributed by atoms with Crippen molar-refractivity contribution in [3.63, 3.8) is 0 Å². The molecule has 1 amide bonds. The summed E-state index contributed by atoms with van der Waals surface area (Å²) in [6.45, 7) is 2.29. The highest BCUT2D eigenvalue weighted by molar-refractivity contribution is 7.19. The summed E-state index contributed by atoms with van der Waals surface area (Å²) in [4.78, 5) is 31.9. The van der Waals surface area contributed by atoms with Gasteiger partial charge in [-0.3, -0.25) is 9.59 Å². The Labute approximate surface area is 247 Å². The molecule has 3 aliphatic rings. The first kappa shape index (κ1) is 26.7. The molecular formula is C33H31N3O5S. The number of nitrogens with one attached hydrogen (secondary N) is 1. The fourth-order valence-electron chi connectivity index (χ4n) is 6.52. The van der Waals surface area contributed by atoms with Gasteiger partial charge < -0.3 is 25.2 Å². The lowest BCUT2D eigenvalue weighted by Crippen LogP contribution is -2.36. The number of para-hydroxylation sites is 1. The highest BCUT2D eigenvalue weighted by atomic mass is 32.1. The average Bonchev–Trinajstić information content (AvgIpc) is 3.43. The fourth-order valence-corrected chi connectivity index (χ4v) is 7.55. The minimum Gasteiger partial charge on any atom is -0.481 e. The molecule has 3 aromatic carbocycles. The van der Waals surface area contributed by atoms with Crippen molar-refractivity contribution in [3.8, 4) is 5.75 Å². The number of aliphatic hydroxyl groups excluding tert-OH is 1. The molecule has 1 atom stereocenters. The predicted molar refractivity (Wildman–Crippen MR) is 163 cm³/mol. The molecule has 3 N–H and O–H groups in total. The number of fused-ring (bicyclic) bond motifs is 3. The van der Waals surface area contributed by atoms with Gasteiger partial charge in [-0.25, -0.2) is 4.98 Å². The maximum Gasteiger partial charge on any atom is 0.303 e. The molecule has 4 aromatic rings. The number of rotatable bonds is 7. The van der Waals surface area contributed by atoms with Gasteiger partial charge in [0.15, 0.2) is 0 Å². The number of carbonyl (C=O) groups excluding carboxylic acids is 1. The Morgan fingerprint density at radius 1 is 1.05 bits per heavy atom. The molecule has 0 saturated carbocycles. The number of aliphatic hydroxyl groups is 1. The van der Waals surface area contributed by atoms with Crippen LogP contribution in [0.2, 0.25) is 0 Å². The van der Waals surface area contributed by atoms with Gasteiger partial charge in [-0.1, -0.05) is 30.3 Å². The second-order valence-electron chi connectivity index (χ2n) is 11.0. The molecule has 214 valence electrons. The molecule has 0 bridgehead atoms. The van der Waals surface area contributed by atoms with Crippen molar-refractivity contribution in [2.24, 2.45) is 0 Å². The number of aliphatic carboxylic acids is 1. The van der Waals surface area contributed by atoms with E-state index in [0.29, 0.717) is 33.9 Å². The Morgan fingerprint density at radius 2 is 1.83 bits per heavy atom. The largest absolute Gasteiger partial charge is 0.481 e. The summed E-state index contributed by atoms with van der Waals surface area (Å²) in [5.41, 5.74) is 7.78. The molecule has 7 rings (SSSR count). The van der Waals surface area contributed by atoms with E-state index in [1.54, 1.807) is 6.07 Å². The Bertz CT molecular complexity index is 1720. The van der Waals surface area contributed by atoms with E-state index in [-0.39, 0.29) is 18.9 Å². The van der Waals surface area contributed by atoms with Crippen LogP contribution >= 0.6 is 11.3 Å². The van der Waals surface area contributed by atoms with Gasteiger partial charge in [-0.05, 0) is 67.5 Å². The van der Waals surface area contributed by atoms with Crippen molar-refractivity contribution < 1.29 is 24.5 Å². The number of thiazole rings is 1. The Balaban J connectivity index is 1.44. The Kier molecular flexibility index (Phi) is 6.91. The second kappa shape index (κ2) is 10.9. The van der Waals surface area contributed by atoms with E-state index in [1.165, 1.54) is 22.6 Å². The molecule has 8 nitrogen and oxygen atoms in total. The van der Waals surface area contributed by atoms with Gasteiger partial charge in [0, 0.05) is 54.0 Å². The molecule has 42 heavy (non-hydrogen) atoms. The van der Waals surface area contributed by atoms with E-state index in [1.807, 2.05) is 42.5 Å². The highest BCUT2D eigenvalue weighted by Gasteiger charge is 2.37. The maximum absolute atomic E-state index is 13.5. The molecular weight excluding hydrogens is 550 g/mol. The molecule has 0 aliphatic carbocycles. The van der Waals surface area contributed by atoms with Gasteiger partial charge in [0.2, 0.25) is 6.29 Å². The van der Waals surface area contributed by atoms with Gasteiger partial charge in [-0.2, -0.15) is 0 Å². The number of carboxylic acid groups (broad SMARTS) is 1. The number of aryl methyl sites for hydroxylation is 1. The SMILES string of the molecule is O=C(O)CCCNC(=O)c1ccccc1C1=C(c2nc3ccccc3s2)C(O)Oc2c1cc1c3c2CCCN3CCC1. The minimum absolute atomic E-state index is 0.0172. The number of ether oxygens (including phenoxy) is 1. The summed E-state index contributed by atoms with van der Waals surface area (Å²) in [6, 6.07) is 17.5. The number of aromatic nitrogens is 1. The van der Waals surface area contributed by atoms with Crippen LogP contribution in [0.25, 0.3) is 21.4 Å². The van der Waals surface area contributed by atoms with Crippen LogP contribution < -0.4 is 15.0 Å². The molecule has 0 saturated heterocycles. The van der Waals surface area contributed by atoms with Crippen molar-refractivity contribution in [1.29, 1.82) is 0 Å². The van der Waals surface area contributed by atoms with Crippen molar-refractivity contribution in [2.75, 3.05) is 24.5 Å². The minimum atomic E-state index is -1.27. The van der Waals surface area contributed by atoms with E-state index in [9.17, 15) is 14.7 Å². The number of amides is 1. The third kappa shape index (κ3) is 4.62. The number of benzene rings is 3. The summed E-state index contributed by atoms with van der Waals surface area (Å²) >= 11 is 1.49. The topological polar surface area (TPSA) is 112 Å². The number of nitrogens with zero attached hydrogens (tertiary/aromatic N) is 2. The van der Waals surface area contributed by atoms with E-state index in [0.717, 1.165) is 65.7 Å². The van der Waals surface area contributed by atoms with E-state index in [2.05, 4.69) is 16.3 Å². The second-order valence-corrected chi connectivity index (χ2v) is 12.0. The zero-order valence-electron chi connectivity index (χ0n) is 23.1. The quantitative estimate of drug-likeness (QED) is 0.255. The third-order valence-corrected chi connectivity index (χ3v) is 9.38. The smallest absolute Gasteiger partial charge is 0.303 e. The highest BCUT2D eigenvalue weighted by Crippen LogP contribution is 2.51. The first-order valence-electron chi connectivity index (χ1n) is 14.5. The van der Waals surface area contributed by atoms with Gasteiger partial charge >= 0.3 is 5.97 Å². The van der Waals surface area contributed by atoms with Crippen LogP contribution in [-0.4, -0.2) is 53.0 Å². The zero-order valence-corrected chi connectivity index (χ0v) is 23.9. The molecule has 0 fully saturated rings. The Morgan fingerprint density at radius 3 is 2.67 bits per heavy atom. The molecule has 1 unspecified atom stereocenters. The first-order valence-corrected chi connectivity index (χ1v) is 15.3. The monoisotopic (exact) mass is 581 g/mol. The standard InChI is InChI=1S/C33H31N3O5S/c37-26(38)14-5-15-34-31(39)21-10-2-1-9-20(21)27-23-18-19-8-6-16-36-17-7-11-22(29(19)36)30(23)41-33(40)28(27)32-35-24-12-3-4-13-25(24)42-32/h1-4,9-10,12-13,18,33,40H,5-8,11,14-17H2,(H,34,39)(H,37,38). The average molecular weight is 582 g/mol. The van der Waals surface area contributed by atoms with Gasteiger partial charge in [0.25, 0.3) is 5.91 Å². The number of hydrogen-bond acceptors (Lipinski definition) is 7. The van der Waals surface area contributed by atoms with Crippen LogP contribution in [0.5, 0.6) is 5.75 Å². The number of hydrogen-bond donors (Lipinski definition) is 3. The van der Waals surface area contributed by atoms with E-state index >= 15 is 0 Å². The third-order valence-electron chi connectivity index (χ3n) is 8.31. The summed E-state index contributed by atoms with van der Waals surface area (Å²) in [6.07, 6.45) is 2.97. The molecule has 9 heteroatoms. The zero-order chi connectivity index (χ0) is 28.8. The summed E-state index contributed by atoms with van der Waals surface area (Å²) in [5, 5.41) is 24.3. The van der Waals surface area contributed by atoms with Crippen LogP contribution in [0.4, 0.5) is 5.69 Å². The van der Waals surface area contributed by atoms with E-state index in [4.69, 9.17) is 14.8 Å².